The minimum absolute atomic E-state index is 0. The summed E-state index contributed by atoms with van der Waals surface area (Å²) in [7, 11) is 0. The van der Waals surface area contributed by atoms with Gasteiger partial charge in [0.05, 0.1) is 44.5 Å². The van der Waals surface area contributed by atoms with E-state index in [1.54, 1.807) is 0 Å². The Hall–Kier alpha value is -3.64. The zero-order chi connectivity index (χ0) is 42.6. The van der Waals surface area contributed by atoms with Crippen molar-refractivity contribution in [2.75, 3.05) is 0 Å². The first kappa shape index (κ1) is 78.7. The second-order valence-corrected chi connectivity index (χ2v) is 9.85. The number of hydrogen-bond acceptors (Lipinski definition) is 19. The molecule has 0 atom stereocenters. The maximum atomic E-state index is 10.3. The molecule has 0 amide bonds. The van der Waals surface area contributed by atoms with Crippen LogP contribution in [0, 0.1) is 0 Å². The van der Waals surface area contributed by atoms with Crippen LogP contribution in [0.3, 0.4) is 0 Å². The molecule has 0 spiro atoms. The first-order chi connectivity index (χ1) is 23.1. The third-order valence-corrected chi connectivity index (χ3v) is 5.11. The zero-order valence-electron chi connectivity index (χ0n) is 30.1. The smallest absolute Gasteiger partial charge is 0.550 e. The van der Waals surface area contributed by atoms with Gasteiger partial charge in [0, 0.05) is 24.8 Å². The van der Waals surface area contributed by atoms with Crippen molar-refractivity contribution in [2.24, 2.45) is 0 Å². The van der Waals surface area contributed by atoms with Gasteiger partial charge in [0.1, 0.15) is 5.60 Å². The summed E-state index contributed by atoms with van der Waals surface area (Å²) in [5.41, 5.74) is -11.2. The van der Waals surface area contributed by atoms with E-state index in [4.69, 9.17) is 66.4 Å². The van der Waals surface area contributed by atoms with Crippen LogP contribution in [0.15, 0.2) is 0 Å². The largest absolute Gasteiger partial charge is 1.00 e. The van der Waals surface area contributed by atoms with E-state index in [0.717, 1.165) is 0 Å². The van der Waals surface area contributed by atoms with Crippen LogP contribution in [0.4, 0.5) is 0 Å². The molecule has 0 aromatic rings. The molecule has 19 N–H and O–H groups in total. The number of aliphatic hydroxyl groups is 4. The number of carboxylic acid groups (broad SMARTS) is 12. The fraction of sp³-hybridized carbons (Fsp3) is 0.500. The molecule has 0 saturated heterocycles. The Morgan fingerprint density at radius 2 is 0.448 bits per heavy atom. The number of hydrogen-bond donors (Lipinski definition) is 13. The molecule has 0 heterocycles. The zero-order valence-corrected chi connectivity index (χ0v) is 36.1. The van der Waals surface area contributed by atoms with Crippen LogP contribution in [0.1, 0.15) is 51.4 Å². The molecule has 0 rings (SSSR count). The monoisotopic (exact) mass is 888 g/mol. The van der Waals surface area contributed by atoms with Gasteiger partial charge in [-0.1, -0.05) is 0 Å². The van der Waals surface area contributed by atoms with Gasteiger partial charge >= 0.3 is 142 Å². The summed E-state index contributed by atoms with van der Waals surface area (Å²) in [6, 6.07) is 0. The predicted octanol–water partition coefficient (Wildman–Crippen LogP) is -20.5. The van der Waals surface area contributed by atoms with Gasteiger partial charge in [0.25, 0.3) is 0 Å². The predicted molar refractivity (Wildman–Crippen MR) is 151 cm³/mol. The average Bonchev–Trinajstić information content (AvgIpc) is 2.85. The van der Waals surface area contributed by atoms with Crippen molar-refractivity contribution in [2.45, 2.75) is 73.8 Å². The van der Waals surface area contributed by atoms with E-state index >= 15 is 0 Å². The van der Waals surface area contributed by atoms with Crippen molar-refractivity contribution in [1.29, 1.82) is 0 Å². The Kier molecular flexibility index (Phi) is 47.9. The summed E-state index contributed by atoms with van der Waals surface area (Å²) in [4.78, 5) is 121. The van der Waals surface area contributed by atoms with Crippen LogP contribution in [0.5, 0.6) is 0 Å². The van der Waals surface area contributed by atoms with E-state index in [0.29, 0.717) is 0 Å². The first-order valence-corrected chi connectivity index (χ1v) is 12.6. The molecular formula is C24H35Na3O31. The number of carbonyl (C=O) groups excluding carboxylic acids is 3. The minimum Gasteiger partial charge on any atom is -0.550 e. The Balaban J connectivity index is -0.0000000640. The molecule has 58 heavy (non-hydrogen) atoms. The summed E-state index contributed by atoms with van der Waals surface area (Å²) < 4.78 is 0. The standard InChI is InChI=1S/4C6H8O7.3Na.3H2O/c4*7-3(8)1-6(13,5(11)12)2-4(9)10;;;;;;/h4*13H,1-2H2,(H,7,8)(H,9,10)(H,11,12);;;;3*1H2/q;;;;3*+1;;;/p-3. The van der Waals surface area contributed by atoms with E-state index in [9.17, 15) is 72.9 Å². The third-order valence-electron chi connectivity index (χ3n) is 5.11. The van der Waals surface area contributed by atoms with Crippen molar-refractivity contribution < 1.29 is 244 Å². The Morgan fingerprint density at radius 1 is 0.310 bits per heavy atom. The third kappa shape index (κ3) is 37.9. The van der Waals surface area contributed by atoms with Crippen LogP contribution in [0.25, 0.3) is 0 Å². The molecule has 0 aromatic carbocycles. The molecular weight excluding hydrogens is 853 g/mol. The molecule has 31 nitrogen and oxygen atoms in total. The van der Waals surface area contributed by atoms with E-state index in [1.165, 1.54) is 0 Å². The van der Waals surface area contributed by atoms with Crippen molar-refractivity contribution in [3.8, 4) is 0 Å². The molecule has 0 aliphatic carbocycles. The van der Waals surface area contributed by atoms with Crippen molar-refractivity contribution in [1.82, 2.24) is 0 Å². The quantitative estimate of drug-likeness (QED) is 0.0505. The van der Waals surface area contributed by atoms with Gasteiger partial charge in [-0.15, -0.1) is 0 Å². The summed E-state index contributed by atoms with van der Waals surface area (Å²) in [6.45, 7) is 0. The second-order valence-electron chi connectivity index (χ2n) is 9.85. The van der Waals surface area contributed by atoms with Crippen LogP contribution in [-0.4, -0.2) is 177 Å². The molecule has 0 unspecified atom stereocenters. The molecule has 0 fully saturated rings. The number of aliphatic carboxylic acids is 12. The first-order valence-electron chi connectivity index (χ1n) is 12.6. The molecule has 320 valence electrons. The summed E-state index contributed by atoms with van der Waals surface area (Å²) >= 11 is 0. The van der Waals surface area contributed by atoms with E-state index in [-0.39, 0.29) is 105 Å². The molecule has 0 aliphatic heterocycles. The van der Waals surface area contributed by atoms with Gasteiger partial charge in [-0.05, 0) is 0 Å². The fourth-order valence-corrected chi connectivity index (χ4v) is 2.83. The van der Waals surface area contributed by atoms with Gasteiger partial charge < -0.3 is 113 Å². The van der Waals surface area contributed by atoms with E-state index in [2.05, 4.69) is 0 Å². The van der Waals surface area contributed by atoms with Crippen LogP contribution < -0.4 is 104 Å². The number of carboxylic acids is 12. The van der Waals surface area contributed by atoms with Crippen molar-refractivity contribution in [3.05, 3.63) is 0 Å². The van der Waals surface area contributed by atoms with Crippen LogP contribution in [-0.2, 0) is 57.5 Å². The molecule has 0 aliphatic rings. The van der Waals surface area contributed by atoms with Crippen molar-refractivity contribution >= 4 is 71.6 Å². The number of carbonyl (C=O) groups is 12. The van der Waals surface area contributed by atoms with E-state index in [1.807, 2.05) is 0 Å². The summed E-state index contributed by atoms with van der Waals surface area (Å²) in [5.74, 6) is -21.0. The molecule has 0 saturated carbocycles. The Labute approximate surface area is 386 Å². The topological polar surface area (TPSA) is 632 Å². The average molecular weight is 888 g/mol. The summed E-state index contributed by atoms with van der Waals surface area (Å²) in [5, 5.41) is 140. The number of rotatable bonds is 20. The van der Waals surface area contributed by atoms with Gasteiger partial charge in [-0.3, -0.25) is 28.8 Å². The van der Waals surface area contributed by atoms with Gasteiger partial charge in [-0.2, -0.15) is 0 Å². The van der Waals surface area contributed by atoms with Gasteiger partial charge in [0.2, 0.25) is 0 Å². The molecule has 34 heteroatoms. The molecule has 0 aromatic heterocycles. The molecule has 0 radical (unpaired) electrons. The molecule has 0 bridgehead atoms. The van der Waals surface area contributed by atoms with Crippen molar-refractivity contribution in [3.63, 3.8) is 0 Å². The summed E-state index contributed by atoms with van der Waals surface area (Å²) in [6.07, 6.45) is -9.58. The minimum atomic E-state index is -2.97. The van der Waals surface area contributed by atoms with Crippen LogP contribution >= 0.6 is 0 Å². The van der Waals surface area contributed by atoms with Gasteiger partial charge in [0.15, 0.2) is 16.8 Å². The SMILES string of the molecule is O.O.O.O=C(O)CC(O)(CC(=O)O)C(=O)O.O=C(O)CC(O)(CC(=O)O)C(=O)O.O=C(O)CC(O)(CC(=O)O)C(=O)O.O=C([O-])CC(O)(CC(=O)[O-])C(=O)[O-].[Na+].[Na+].[Na+]. The van der Waals surface area contributed by atoms with Crippen LogP contribution in [0.2, 0.25) is 0 Å². The second kappa shape index (κ2) is 35.3. The fourth-order valence-electron chi connectivity index (χ4n) is 2.83. The Bertz CT molecular complexity index is 1140. The normalized spacial score (nSPS) is 9.72. The maximum absolute atomic E-state index is 10.3. The van der Waals surface area contributed by atoms with Gasteiger partial charge in [-0.25, -0.2) is 14.4 Å². The Morgan fingerprint density at radius 3 is 0.517 bits per heavy atom. The van der Waals surface area contributed by atoms with E-state index < -0.39 is 145 Å². The maximum Gasteiger partial charge on any atom is 1.00 e.